The molecule has 0 saturated carbocycles. The van der Waals surface area contributed by atoms with Gasteiger partial charge in [-0.2, -0.15) is 0 Å². The van der Waals surface area contributed by atoms with Crippen LogP contribution in [0.2, 0.25) is 0 Å². The molecule has 3 N–H and O–H groups in total. The number of nitrogens with two attached hydrogens (primary N) is 1. The maximum Gasteiger partial charge on any atom is 0.142 e. The molecule has 1 rings (SSSR count). The molecule has 0 aliphatic heterocycles. The number of unbranched alkanes of at least 4 members (excludes halogenated alkanes) is 2. The first-order valence-corrected chi connectivity index (χ1v) is 6.47. The lowest BCUT2D eigenvalue weighted by molar-refractivity contribution is 0.321. The maximum absolute atomic E-state index is 8.93. The highest BCUT2D eigenvalue weighted by atomic mass is 32.2. The third kappa shape index (κ3) is 4.68. The molecule has 0 spiro atoms. The van der Waals surface area contributed by atoms with Crippen LogP contribution in [0, 0.1) is 0 Å². The summed E-state index contributed by atoms with van der Waals surface area (Å²) < 4.78 is 0. The summed E-state index contributed by atoms with van der Waals surface area (Å²) in [6.45, 7) is 0.754. The Morgan fingerprint density at radius 1 is 1.19 bits per heavy atom. The van der Waals surface area contributed by atoms with E-state index in [1.165, 1.54) is 0 Å². The maximum atomic E-state index is 8.93. The number of thioether (sulfide) groups is 1. The van der Waals surface area contributed by atoms with Crippen molar-refractivity contribution in [3.05, 3.63) is 35.9 Å². The highest BCUT2D eigenvalue weighted by Crippen LogP contribution is 2.15. The Morgan fingerprint density at radius 2 is 1.94 bits per heavy atom. The minimum absolute atomic E-state index is 0.688. The Hall–Kier alpha value is -1.00. The Bertz CT molecular complexity index is 314. The van der Waals surface area contributed by atoms with Gasteiger partial charge in [-0.15, -0.1) is 11.8 Å². The number of benzene rings is 1. The summed E-state index contributed by atoms with van der Waals surface area (Å²) in [5.74, 6) is 0.967. The zero-order chi connectivity index (χ0) is 11.6. The fourth-order valence-corrected chi connectivity index (χ4v) is 2.24. The Kier molecular flexibility index (Phi) is 6.69. The van der Waals surface area contributed by atoms with Crippen LogP contribution in [0.3, 0.4) is 0 Å². The van der Waals surface area contributed by atoms with Crippen molar-refractivity contribution in [1.29, 1.82) is 0 Å². The summed E-state index contributed by atoms with van der Waals surface area (Å²) in [5, 5.41) is 12.9. The van der Waals surface area contributed by atoms with Gasteiger partial charge in [0.2, 0.25) is 0 Å². The van der Waals surface area contributed by atoms with E-state index in [2.05, 4.69) is 5.16 Å². The van der Waals surface area contributed by atoms with E-state index in [1.54, 1.807) is 11.8 Å². The van der Waals surface area contributed by atoms with Gasteiger partial charge in [0, 0.05) is 5.56 Å². The van der Waals surface area contributed by atoms with Gasteiger partial charge in [0.25, 0.3) is 0 Å². The van der Waals surface area contributed by atoms with Gasteiger partial charge in [0.1, 0.15) is 5.04 Å². The summed E-state index contributed by atoms with van der Waals surface area (Å²) >= 11 is 1.58. The molecule has 0 saturated heterocycles. The zero-order valence-corrected chi connectivity index (χ0v) is 10.1. The van der Waals surface area contributed by atoms with E-state index in [4.69, 9.17) is 10.9 Å². The molecular weight excluding hydrogens is 220 g/mol. The second-order valence-electron chi connectivity index (χ2n) is 3.47. The van der Waals surface area contributed by atoms with Gasteiger partial charge >= 0.3 is 0 Å². The fraction of sp³-hybridized carbons (Fsp3) is 0.417. The number of hydrogen-bond acceptors (Lipinski definition) is 4. The van der Waals surface area contributed by atoms with Gasteiger partial charge in [-0.05, 0) is 25.1 Å². The summed E-state index contributed by atoms with van der Waals surface area (Å²) in [4.78, 5) is 0. The first-order chi connectivity index (χ1) is 7.88. The standard InChI is InChI=1S/C12H18N2OS/c13-9-5-2-6-10-16-12(14-15)11-7-3-1-4-8-11/h1,3-4,7-8,15H,2,5-6,9-10,13H2. The van der Waals surface area contributed by atoms with Gasteiger partial charge in [-0.25, -0.2) is 0 Å². The molecule has 0 aromatic heterocycles. The smallest absolute Gasteiger partial charge is 0.142 e. The Morgan fingerprint density at radius 3 is 2.56 bits per heavy atom. The molecule has 1 aromatic carbocycles. The van der Waals surface area contributed by atoms with Crippen LogP contribution in [-0.2, 0) is 0 Å². The largest absolute Gasteiger partial charge is 0.410 e. The molecule has 16 heavy (non-hydrogen) atoms. The molecule has 0 aliphatic carbocycles. The second-order valence-corrected chi connectivity index (χ2v) is 4.55. The van der Waals surface area contributed by atoms with E-state index in [-0.39, 0.29) is 0 Å². The molecule has 0 amide bonds. The number of nitrogens with zero attached hydrogens (tertiary/aromatic N) is 1. The van der Waals surface area contributed by atoms with Crippen LogP contribution < -0.4 is 5.73 Å². The van der Waals surface area contributed by atoms with Crippen molar-refractivity contribution in [3.8, 4) is 0 Å². The van der Waals surface area contributed by atoms with Crippen LogP contribution in [0.4, 0.5) is 0 Å². The topological polar surface area (TPSA) is 58.6 Å². The molecule has 0 unspecified atom stereocenters. The van der Waals surface area contributed by atoms with Crippen molar-refractivity contribution < 1.29 is 5.21 Å². The molecule has 4 heteroatoms. The van der Waals surface area contributed by atoms with Crippen LogP contribution in [0.25, 0.3) is 0 Å². The summed E-state index contributed by atoms with van der Waals surface area (Å²) in [5.41, 5.74) is 6.38. The van der Waals surface area contributed by atoms with Crippen LogP contribution in [0.5, 0.6) is 0 Å². The average molecular weight is 238 g/mol. The van der Waals surface area contributed by atoms with Crippen molar-refractivity contribution >= 4 is 16.8 Å². The molecule has 1 aromatic rings. The number of rotatable bonds is 6. The van der Waals surface area contributed by atoms with Crippen LogP contribution >= 0.6 is 11.8 Å². The van der Waals surface area contributed by atoms with Crippen molar-refractivity contribution in [3.63, 3.8) is 0 Å². The molecule has 88 valence electrons. The van der Waals surface area contributed by atoms with E-state index >= 15 is 0 Å². The highest BCUT2D eigenvalue weighted by Gasteiger charge is 2.03. The second kappa shape index (κ2) is 8.19. The van der Waals surface area contributed by atoms with Gasteiger partial charge in [-0.1, -0.05) is 41.9 Å². The molecular formula is C12H18N2OS. The summed E-state index contributed by atoms with van der Waals surface area (Å²) in [7, 11) is 0. The summed E-state index contributed by atoms with van der Waals surface area (Å²) in [6, 6.07) is 9.72. The van der Waals surface area contributed by atoms with Gasteiger partial charge < -0.3 is 10.9 Å². The van der Waals surface area contributed by atoms with Crippen LogP contribution in [-0.4, -0.2) is 22.5 Å². The average Bonchev–Trinajstić information content (AvgIpc) is 2.35. The normalized spacial score (nSPS) is 11.7. The fourth-order valence-electron chi connectivity index (χ4n) is 1.34. The van der Waals surface area contributed by atoms with Gasteiger partial charge in [0.05, 0.1) is 0 Å². The van der Waals surface area contributed by atoms with Crippen molar-refractivity contribution in [2.75, 3.05) is 12.3 Å². The van der Waals surface area contributed by atoms with Crippen molar-refractivity contribution in [2.24, 2.45) is 10.9 Å². The predicted octanol–water partition coefficient (Wildman–Crippen LogP) is 2.68. The third-order valence-electron chi connectivity index (χ3n) is 2.20. The van der Waals surface area contributed by atoms with E-state index < -0.39 is 0 Å². The first-order valence-electron chi connectivity index (χ1n) is 5.49. The van der Waals surface area contributed by atoms with E-state index in [0.717, 1.165) is 37.1 Å². The predicted molar refractivity (Wildman–Crippen MR) is 70.1 cm³/mol. The van der Waals surface area contributed by atoms with Crippen molar-refractivity contribution in [1.82, 2.24) is 0 Å². The SMILES string of the molecule is NCCCCCSC(=NO)c1ccccc1. The van der Waals surface area contributed by atoms with Crippen LogP contribution in [0.1, 0.15) is 24.8 Å². The molecule has 0 fully saturated rings. The van der Waals surface area contributed by atoms with E-state index in [1.807, 2.05) is 30.3 Å². The minimum atomic E-state index is 0.688. The number of oxime groups is 1. The number of hydrogen-bond donors (Lipinski definition) is 2. The monoisotopic (exact) mass is 238 g/mol. The molecule has 0 bridgehead atoms. The van der Waals surface area contributed by atoms with E-state index in [9.17, 15) is 0 Å². The van der Waals surface area contributed by atoms with Crippen molar-refractivity contribution in [2.45, 2.75) is 19.3 Å². The quantitative estimate of drug-likeness (QED) is 0.263. The molecule has 3 nitrogen and oxygen atoms in total. The van der Waals surface area contributed by atoms with Gasteiger partial charge in [-0.3, -0.25) is 0 Å². The highest BCUT2D eigenvalue weighted by molar-refractivity contribution is 8.14. The zero-order valence-electron chi connectivity index (χ0n) is 9.30. The van der Waals surface area contributed by atoms with Gasteiger partial charge in [0.15, 0.2) is 0 Å². The first kappa shape index (κ1) is 13.1. The molecule has 0 heterocycles. The van der Waals surface area contributed by atoms with Crippen LogP contribution in [0.15, 0.2) is 35.5 Å². The molecule has 0 radical (unpaired) electrons. The Balaban J connectivity index is 2.34. The lowest BCUT2D eigenvalue weighted by atomic mass is 10.2. The Labute approximate surface area is 101 Å². The molecule has 0 aliphatic rings. The minimum Gasteiger partial charge on any atom is -0.410 e. The summed E-state index contributed by atoms with van der Waals surface area (Å²) in [6.07, 6.45) is 3.31. The lowest BCUT2D eigenvalue weighted by Gasteiger charge is -2.03. The third-order valence-corrected chi connectivity index (χ3v) is 3.28. The van der Waals surface area contributed by atoms with E-state index in [0.29, 0.717) is 5.04 Å². The lowest BCUT2D eigenvalue weighted by Crippen LogP contribution is -2.00. The molecule has 0 atom stereocenters.